The van der Waals surface area contributed by atoms with E-state index < -0.39 is 6.70 Å². The fraction of sp³-hybridized carbons (Fsp3) is 0. The first-order chi connectivity index (χ1) is 4.84. The Kier molecular flexibility index (Phi) is 2.57. The molecule has 0 radical (unpaired) electrons. The van der Waals surface area contributed by atoms with Crippen LogP contribution in [-0.4, -0.2) is 0 Å². The van der Waals surface area contributed by atoms with Gasteiger partial charge in [-0.15, -0.1) is 0 Å². The van der Waals surface area contributed by atoms with Gasteiger partial charge in [0.05, 0.1) is 0 Å². The van der Waals surface area contributed by atoms with Gasteiger partial charge in [-0.1, -0.05) is 24.6 Å². The Morgan fingerprint density at radius 3 is 2.40 bits per heavy atom. The topological polar surface area (TPSA) is 0 Å². The van der Waals surface area contributed by atoms with Gasteiger partial charge < -0.3 is 0 Å². The molecule has 0 fully saturated rings. The Labute approximate surface area is 66.7 Å². The molecule has 10 heavy (non-hydrogen) atoms. The van der Waals surface area contributed by atoms with Gasteiger partial charge in [0.1, 0.15) is 0 Å². The summed E-state index contributed by atoms with van der Waals surface area (Å²) >= 11 is 5.03. The Bertz CT molecular complexity index is 271. The van der Waals surface area contributed by atoms with Gasteiger partial charge in [0, 0.05) is 0 Å². The molecule has 0 aliphatic rings. The summed E-state index contributed by atoms with van der Waals surface area (Å²) in [6.07, 6.45) is 5.18. The lowest BCUT2D eigenvalue weighted by molar-refractivity contribution is 1.78. The van der Waals surface area contributed by atoms with Crippen LogP contribution in [0.1, 0.15) is 0 Å². The molecule has 1 aromatic carbocycles. The molecule has 0 heterocycles. The van der Waals surface area contributed by atoms with E-state index in [0.29, 0.717) is 0 Å². The molecular formula is C8H6PS+. The lowest BCUT2D eigenvalue weighted by Crippen LogP contribution is -1.90. The summed E-state index contributed by atoms with van der Waals surface area (Å²) in [5.74, 6) is 0. The molecule has 0 N–H and O–H groups in total. The maximum atomic E-state index is 5.18. The molecule has 0 saturated carbocycles. The van der Waals surface area contributed by atoms with Crippen LogP contribution in [0.3, 0.4) is 0 Å². The highest BCUT2D eigenvalue weighted by atomic mass is 32.4. The van der Waals surface area contributed by atoms with Crippen LogP contribution in [0.5, 0.6) is 0 Å². The van der Waals surface area contributed by atoms with Gasteiger partial charge in [-0.05, 0) is 12.1 Å². The molecule has 0 amide bonds. The second-order valence-corrected chi connectivity index (χ2v) is 4.22. The molecule has 0 spiro atoms. The van der Waals surface area contributed by atoms with Crippen molar-refractivity contribution in [1.82, 2.24) is 0 Å². The highest BCUT2D eigenvalue weighted by Crippen LogP contribution is 2.15. The summed E-state index contributed by atoms with van der Waals surface area (Å²) in [5, 5.41) is 1.09. The zero-order valence-electron chi connectivity index (χ0n) is 5.32. The fourth-order valence-electron chi connectivity index (χ4n) is 0.638. The monoisotopic (exact) mass is 165 g/mol. The maximum absolute atomic E-state index is 5.18. The second kappa shape index (κ2) is 3.46. The van der Waals surface area contributed by atoms with Crippen molar-refractivity contribution in [1.29, 1.82) is 0 Å². The molecule has 1 aromatic rings. The quantitative estimate of drug-likeness (QED) is 0.452. The Hall–Kier alpha value is -0.700. The molecule has 1 rings (SSSR count). The summed E-state index contributed by atoms with van der Waals surface area (Å²) in [5.41, 5.74) is 2.56. The van der Waals surface area contributed by atoms with Gasteiger partial charge in [-0.25, -0.2) is 0 Å². The molecule has 0 nitrogen and oxygen atoms in total. The maximum Gasteiger partial charge on any atom is 0.301 e. The van der Waals surface area contributed by atoms with E-state index in [4.69, 9.17) is 18.2 Å². The average molecular weight is 165 g/mol. The third kappa shape index (κ3) is 1.64. The van der Waals surface area contributed by atoms with Gasteiger partial charge in [0.25, 0.3) is 0 Å². The van der Waals surface area contributed by atoms with Crippen LogP contribution in [-0.2, 0) is 11.8 Å². The SMILES string of the molecule is C#C[P+](=S)c1ccccc1. The third-order valence-corrected chi connectivity index (χ3v) is 3.06. The Balaban J connectivity index is 2.99. The molecule has 1 atom stereocenters. The van der Waals surface area contributed by atoms with Gasteiger partial charge in [0.2, 0.25) is 0 Å². The molecule has 2 heteroatoms. The van der Waals surface area contributed by atoms with Crippen molar-refractivity contribution in [2.45, 2.75) is 0 Å². The van der Waals surface area contributed by atoms with E-state index in [-0.39, 0.29) is 0 Å². The highest BCUT2D eigenvalue weighted by molar-refractivity contribution is 8.10. The van der Waals surface area contributed by atoms with E-state index in [1.165, 1.54) is 0 Å². The first kappa shape index (κ1) is 7.41. The van der Waals surface area contributed by atoms with Crippen molar-refractivity contribution in [2.75, 3.05) is 0 Å². The summed E-state index contributed by atoms with van der Waals surface area (Å²) in [6, 6.07) is 9.80. The first-order valence-corrected chi connectivity index (χ1v) is 5.18. The second-order valence-electron chi connectivity index (χ2n) is 1.76. The fourth-order valence-corrected chi connectivity index (χ4v) is 1.60. The van der Waals surface area contributed by atoms with Crippen molar-refractivity contribution < 1.29 is 0 Å². The molecular weight excluding hydrogens is 159 g/mol. The predicted molar refractivity (Wildman–Crippen MR) is 49.2 cm³/mol. The number of hydrogen-bond donors (Lipinski definition) is 0. The van der Waals surface area contributed by atoms with Crippen LogP contribution in [0.2, 0.25) is 0 Å². The first-order valence-electron chi connectivity index (χ1n) is 2.83. The van der Waals surface area contributed by atoms with Gasteiger partial charge in [-0.2, -0.15) is 0 Å². The van der Waals surface area contributed by atoms with Gasteiger partial charge >= 0.3 is 6.70 Å². The zero-order valence-corrected chi connectivity index (χ0v) is 7.03. The van der Waals surface area contributed by atoms with Crippen molar-refractivity contribution in [2.24, 2.45) is 0 Å². The molecule has 48 valence electrons. The zero-order chi connectivity index (χ0) is 7.40. The Morgan fingerprint density at radius 1 is 1.30 bits per heavy atom. The van der Waals surface area contributed by atoms with Crippen LogP contribution >= 0.6 is 6.70 Å². The van der Waals surface area contributed by atoms with E-state index in [9.17, 15) is 0 Å². The highest BCUT2D eigenvalue weighted by Gasteiger charge is 2.07. The van der Waals surface area contributed by atoms with Crippen LogP contribution in [0.25, 0.3) is 0 Å². The standard InChI is InChI=1S/C8H6PS/c1-2-9(10)8-6-4-3-5-7-8/h1,3-7H/q+1. The number of hydrogen-bond acceptors (Lipinski definition) is 1. The van der Waals surface area contributed by atoms with Crippen molar-refractivity contribution >= 4 is 23.8 Å². The normalized spacial score (nSPS) is 10.1. The molecule has 0 aliphatic heterocycles. The van der Waals surface area contributed by atoms with Gasteiger partial charge in [0.15, 0.2) is 22.8 Å². The largest absolute Gasteiger partial charge is 0.301 e. The van der Waals surface area contributed by atoms with E-state index in [2.05, 4.69) is 5.66 Å². The molecule has 0 aliphatic carbocycles. The number of terminal acetylenes is 1. The van der Waals surface area contributed by atoms with E-state index in [0.717, 1.165) is 5.30 Å². The van der Waals surface area contributed by atoms with Crippen molar-refractivity contribution in [3.8, 4) is 12.1 Å². The third-order valence-electron chi connectivity index (χ3n) is 1.11. The van der Waals surface area contributed by atoms with E-state index in [1.807, 2.05) is 30.3 Å². The lowest BCUT2D eigenvalue weighted by Gasteiger charge is -1.80. The van der Waals surface area contributed by atoms with E-state index >= 15 is 0 Å². The number of rotatable bonds is 1. The lowest BCUT2D eigenvalue weighted by atomic mass is 10.4. The minimum Gasteiger partial charge on any atom is -0.0670 e. The molecule has 1 unspecified atom stereocenters. The van der Waals surface area contributed by atoms with Crippen LogP contribution in [0.4, 0.5) is 0 Å². The predicted octanol–water partition coefficient (Wildman–Crippen LogP) is 1.85. The smallest absolute Gasteiger partial charge is 0.0670 e. The van der Waals surface area contributed by atoms with Gasteiger partial charge in [-0.3, -0.25) is 0 Å². The summed E-state index contributed by atoms with van der Waals surface area (Å²) in [4.78, 5) is 0. The number of benzene rings is 1. The van der Waals surface area contributed by atoms with Crippen molar-refractivity contribution in [3.63, 3.8) is 0 Å². The van der Waals surface area contributed by atoms with E-state index in [1.54, 1.807) is 0 Å². The molecule has 0 aromatic heterocycles. The summed E-state index contributed by atoms with van der Waals surface area (Å²) in [6.45, 7) is -0.762. The van der Waals surface area contributed by atoms with Crippen LogP contribution in [0, 0.1) is 12.1 Å². The summed E-state index contributed by atoms with van der Waals surface area (Å²) < 4.78 is 0. The van der Waals surface area contributed by atoms with Crippen LogP contribution in [0.15, 0.2) is 30.3 Å². The molecule has 0 bridgehead atoms. The van der Waals surface area contributed by atoms with Crippen LogP contribution < -0.4 is 5.30 Å². The minimum absolute atomic E-state index is 0.762. The minimum atomic E-state index is -0.762. The average Bonchev–Trinajstić information content (AvgIpc) is 2.05. The Morgan fingerprint density at radius 2 is 1.90 bits per heavy atom. The molecule has 0 saturated heterocycles. The van der Waals surface area contributed by atoms with Crippen molar-refractivity contribution in [3.05, 3.63) is 30.3 Å². The summed E-state index contributed by atoms with van der Waals surface area (Å²) in [7, 11) is 0.